The van der Waals surface area contributed by atoms with Gasteiger partial charge in [0.1, 0.15) is 17.6 Å². The normalized spacial score (nSPS) is 11.1. The Labute approximate surface area is 210 Å². The van der Waals surface area contributed by atoms with Gasteiger partial charge in [0.15, 0.2) is 18.1 Å². The number of rotatable bonds is 8. The Hall–Kier alpha value is -4.29. The minimum Gasteiger partial charge on any atom is -0.497 e. The number of benzene rings is 3. The number of imidazole rings is 1. The highest BCUT2D eigenvalue weighted by Crippen LogP contribution is 2.35. The summed E-state index contributed by atoms with van der Waals surface area (Å²) >= 11 is 3.52. The van der Waals surface area contributed by atoms with Crippen molar-refractivity contribution in [2.45, 2.75) is 0 Å². The number of carbonyl (C=O) groups excluding carboxylic acids is 1. The van der Waals surface area contributed by atoms with Crippen LogP contribution in [-0.2, 0) is 4.79 Å². The number of H-pyrrole nitrogens is 1. The van der Waals surface area contributed by atoms with E-state index in [1.54, 1.807) is 37.5 Å². The molecule has 8 nitrogen and oxygen atoms in total. The quantitative estimate of drug-likeness (QED) is 0.293. The number of hydrogen-bond donors (Lipinski definition) is 2. The van der Waals surface area contributed by atoms with Gasteiger partial charge in [0.25, 0.3) is 5.91 Å². The number of aromatic amines is 1. The zero-order valence-electron chi connectivity index (χ0n) is 19.0. The molecule has 0 atom stereocenters. The minimum absolute atomic E-state index is 0.196. The second-order valence-corrected chi connectivity index (χ2v) is 8.22. The summed E-state index contributed by atoms with van der Waals surface area (Å²) in [6.45, 7) is -0.196. The number of nitrogens with zero attached hydrogens (tertiary/aromatic N) is 2. The third-order valence-electron chi connectivity index (χ3n) is 5.06. The lowest BCUT2D eigenvalue weighted by atomic mass is 10.1. The molecule has 1 amide bonds. The maximum absolute atomic E-state index is 12.2. The van der Waals surface area contributed by atoms with Crippen LogP contribution in [0.1, 0.15) is 11.4 Å². The number of methoxy groups -OCH3 is 2. The zero-order chi connectivity index (χ0) is 24.8. The molecule has 0 aliphatic rings. The van der Waals surface area contributed by atoms with Crippen molar-refractivity contribution in [2.75, 3.05) is 26.1 Å². The van der Waals surface area contributed by atoms with Crippen molar-refractivity contribution in [3.05, 3.63) is 76.5 Å². The van der Waals surface area contributed by atoms with Gasteiger partial charge in [-0.25, -0.2) is 4.98 Å². The average molecular weight is 533 g/mol. The fraction of sp³-hybridized carbons (Fsp3) is 0.115. The maximum atomic E-state index is 12.2. The molecule has 0 aliphatic heterocycles. The van der Waals surface area contributed by atoms with Crippen LogP contribution in [0.2, 0.25) is 0 Å². The molecular formula is C26H21BrN4O4. The van der Waals surface area contributed by atoms with Gasteiger partial charge in [0.05, 0.1) is 30.8 Å². The van der Waals surface area contributed by atoms with E-state index in [4.69, 9.17) is 14.2 Å². The van der Waals surface area contributed by atoms with Crippen molar-refractivity contribution < 1.29 is 19.0 Å². The van der Waals surface area contributed by atoms with E-state index in [0.29, 0.717) is 44.4 Å². The highest BCUT2D eigenvalue weighted by Gasteiger charge is 2.14. The van der Waals surface area contributed by atoms with Crippen molar-refractivity contribution in [1.29, 1.82) is 5.26 Å². The molecule has 176 valence electrons. The molecule has 0 unspecified atom stereocenters. The number of halogens is 1. The SMILES string of the molecule is COc1ccc2nc(/C(C#N)=C\c3cc(OC)c(OCC(=O)Nc4ccccc4)cc3Br)[nH]c2c1. The lowest BCUT2D eigenvalue weighted by Gasteiger charge is -2.13. The van der Waals surface area contributed by atoms with Crippen molar-refractivity contribution in [2.24, 2.45) is 0 Å². The van der Waals surface area contributed by atoms with Gasteiger partial charge in [0.2, 0.25) is 0 Å². The third-order valence-corrected chi connectivity index (χ3v) is 5.75. The van der Waals surface area contributed by atoms with E-state index >= 15 is 0 Å². The van der Waals surface area contributed by atoms with E-state index in [1.165, 1.54) is 7.11 Å². The number of nitrogens with one attached hydrogen (secondary N) is 2. The smallest absolute Gasteiger partial charge is 0.262 e. The number of anilines is 1. The second-order valence-electron chi connectivity index (χ2n) is 7.37. The predicted molar refractivity (Wildman–Crippen MR) is 137 cm³/mol. The number of para-hydroxylation sites is 1. The van der Waals surface area contributed by atoms with E-state index in [-0.39, 0.29) is 12.5 Å². The summed E-state index contributed by atoms with van der Waals surface area (Å²) in [6, 6.07) is 20.2. The van der Waals surface area contributed by atoms with E-state index in [2.05, 4.69) is 37.3 Å². The van der Waals surface area contributed by atoms with Crippen LogP contribution in [0.4, 0.5) is 5.69 Å². The highest BCUT2D eigenvalue weighted by atomic mass is 79.9. The van der Waals surface area contributed by atoms with E-state index < -0.39 is 0 Å². The molecule has 1 heterocycles. The number of hydrogen-bond acceptors (Lipinski definition) is 6. The highest BCUT2D eigenvalue weighted by molar-refractivity contribution is 9.10. The lowest BCUT2D eigenvalue weighted by molar-refractivity contribution is -0.118. The third kappa shape index (κ3) is 5.62. The molecular weight excluding hydrogens is 512 g/mol. The van der Waals surface area contributed by atoms with Gasteiger partial charge in [-0.3, -0.25) is 4.79 Å². The van der Waals surface area contributed by atoms with Crippen LogP contribution < -0.4 is 19.5 Å². The van der Waals surface area contributed by atoms with E-state index in [1.807, 2.05) is 36.4 Å². The number of ether oxygens (including phenoxy) is 3. The number of amides is 1. The van der Waals surface area contributed by atoms with Gasteiger partial charge in [0, 0.05) is 16.2 Å². The maximum Gasteiger partial charge on any atom is 0.262 e. The van der Waals surface area contributed by atoms with Gasteiger partial charge in [-0.2, -0.15) is 5.26 Å². The molecule has 0 bridgehead atoms. The van der Waals surface area contributed by atoms with Crippen LogP contribution in [0.15, 0.2) is 65.1 Å². The number of aromatic nitrogens is 2. The van der Waals surface area contributed by atoms with Gasteiger partial charge < -0.3 is 24.5 Å². The van der Waals surface area contributed by atoms with Gasteiger partial charge in [-0.15, -0.1) is 0 Å². The van der Waals surface area contributed by atoms with Crippen LogP contribution in [0.3, 0.4) is 0 Å². The number of nitriles is 1. The molecule has 0 saturated heterocycles. The molecule has 0 spiro atoms. The Kier molecular flexibility index (Phi) is 7.33. The molecule has 1 aromatic heterocycles. The fourth-order valence-electron chi connectivity index (χ4n) is 3.35. The molecule has 3 aromatic carbocycles. The standard InChI is InChI=1S/C26H21BrN4O4/c1-33-19-8-9-21-22(12-19)31-26(30-21)17(14-28)10-16-11-23(34-2)24(13-20(16)27)35-15-25(32)29-18-6-4-3-5-7-18/h3-13H,15H2,1-2H3,(H,29,32)(H,30,31)/b17-10-. The molecule has 0 saturated carbocycles. The first-order valence-corrected chi connectivity index (χ1v) is 11.3. The van der Waals surface area contributed by atoms with Crippen molar-refractivity contribution in [3.63, 3.8) is 0 Å². The monoisotopic (exact) mass is 532 g/mol. The van der Waals surface area contributed by atoms with Crippen LogP contribution in [0, 0.1) is 11.3 Å². The summed E-state index contributed by atoms with van der Waals surface area (Å²) in [5.74, 6) is 1.62. The average Bonchev–Trinajstić information content (AvgIpc) is 3.30. The Morgan fingerprint density at radius 2 is 1.91 bits per heavy atom. The molecule has 4 aromatic rings. The van der Waals surface area contributed by atoms with Gasteiger partial charge in [-0.05, 0) is 48.0 Å². The summed E-state index contributed by atoms with van der Waals surface area (Å²) in [5.41, 5.74) is 3.17. The van der Waals surface area contributed by atoms with Crippen molar-refractivity contribution >= 4 is 50.2 Å². The summed E-state index contributed by atoms with van der Waals surface area (Å²) < 4.78 is 17.1. The Morgan fingerprint density at radius 3 is 2.63 bits per heavy atom. The summed E-state index contributed by atoms with van der Waals surface area (Å²) in [7, 11) is 3.10. The van der Waals surface area contributed by atoms with Crippen LogP contribution in [0.5, 0.6) is 17.2 Å². The van der Waals surface area contributed by atoms with Crippen molar-refractivity contribution in [3.8, 4) is 23.3 Å². The molecule has 35 heavy (non-hydrogen) atoms. The molecule has 0 fully saturated rings. The first-order chi connectivity index (χ1) is 17.0. The Balaban J connectivity index is 1.56. The van der Waals surface area contributed by atoms with Gasteiger partial charge >= 0.3 is 0 Å². The predicted octanol–water partition coefficient (Wildman–Crippen LogP) is 5.42. The molecule has 2 N–H and O–H groups in total. The Bertz CT molecular complexity index is 1440. The molecule has 0 radical (unpaired) electrons. The Morgan fingerprint density at radius 1 is 1.11 bits per heavy atom. The van der Waals surface area contributed by atoms with E-state index in [9.17, 15) is 10.1 Å². The zero-order valence-corrected chi connectivity index (χ0v) is 20.5. The molecule has 4 rings (SSSR count). The second kappa shape index (κ2) is 10.8. The number of allylic oxidation sites excluding steroid dienone is 1. The first kappa shape index (κ1) is 23.9. The lowest BCUT2D eigenvalue weighted by Crippen LogP contribution is -2.20. The van der Waals surface area contributed by atoms with Crippen LogP contribution in [-0.4, -0.2) is 36.7 Å². The van der Waals surface area contributed by atoms with Gasteiger partial charge in [-0.1, -0.05) is 34.1 Å². The van der Waals surface area contributed by atoms with Crippen LogP contribution in [0.25, 0.3) is 22.7 Å². The summed E-state index contributed by atoms with van der Waals surface area (Å²) in [5, 5.41) is 12.6. The van der Waals surface area contributed by atoms with Crippen molar-refractivity contribution in [1.82, 2.24) is 9.97 Å². The van der Waals surface area contributed by atoms with E-state index in [0.717, 1.165) is 11.0 Å². The fourth-order valence-corrected chi connectivity index (χ4v) is 3.78. The molecule has 9 heteroatoms. The largest absolute Gasteiger partial charge is 0.497 e. The number of carbonyl (C=O) groups is 1. The topological polar surface area (TPSA) is 109 Å². The summed E-state index contributed by atoms with van der Waals surface area (Å²) in [6.07, 6.45) is 1.69. The number of fused-ring (bicyclic) bond motifs is 1. The minimum atomic E-state index is -0.299. The first-order valence-electron chi connectivity index (χ1n) is 10.5. The summed E-state index contributed by atoms with van der Waals surface area (Å²) in [4.78, 5) is 19.9. The molecule has 0 aliphatic carbocycles. The van der Waals surface area contributed by atoms with Crippen LogP contribution >= 0.6 is 15.9 Å².